The van der Waals surface area contributed by atoms with Gasteiger partial charge in [-0.05, 0) is 19.0 Å². The number of benzene rings is 1. The minimum absolute atomic E-state index is 0.0443. The summed E-state index contributed by atoms with van der Waals surface area (Å²) in [6.45, 7) is 0.896. The lowest BCUT2D eigenvalue weighted by Crippen LogP contribution is -2.34. The Kier molecular flexibility index (Phi) is 6.64. The average molecular weight is 275 g/mol. The second-order valence-corrected chi connectivity index (χ2v) is 4.15. The van der Waals surface area contributed by atoms with Crippen LogP contribution in [0.15, 0.2) is 18.2 Å². The molecule has 0 bridgehead atoms. The van der Waals surface area contributed by atoms with Crippen LogP contribution in [0.1, 0.15) is 12.0 Å². The van der Waals surface area contributed by atoms with Crippen LogP contribution in [-0.4, -0.2) is 30.7 Å². The van der Waals surface area contributed by atoms with Crippen molar-refractivity contribution in [3.05, 3.63) is 34.6 Å². The Morgan fingerprint density at radius 1 is 1.44 bits per heavy atom. The van der Waals surface area contributed by atoms with Crippen LogP contribution in [0.25, 0.3) is 0 Å². The summed E-state index contributed by atoms with van der Waals surface area (Å²) < 4.78 is 13.5. The minimum atomic E-state index is -0.507. The molecule has 1 aromatic carbocycles. The summed E-state index contributed by atoms with van der Waals surface area (Å²) >= 11 is 5.62. The highest BCUT2D eigenvalue weighted by Gasteiger charge is 2.07. The van der Waals surface area contributed by atoms with Crippen LogP contribution in [0, 0.1) is 5.82 Å². The van der Waals surface area contributed by atoms with Crippen molar-refractivity contribution < 1.29 is 14.3 Å². The molecule has 0 aliphatic carbocycles. The number of nitrogens with one attached hydrogen (secondary N) is 2. The number of carbonyl (C=O) groups excluding carboxylic acids is 1. The third-order valence-corrected chi connectivity index (χ3v) is 2.60. The van der Waals surface area contributed by atoms with Crippen molar-refractivity contribution in [1.82, 2.24) is 10.6 Å². The van der Waals surface area contributed by atoms with Crippen LogP contribution in [0.5, 0.6) is 0 Å². The van der Waals surface area contributed by atoms with E-state index in [-0.39, 0.29) is 30.6 Å². The maximum Gasteiger partial charge on any atom is 0.234 e. The van der Waals surface area contributed by atoms with Crippen molar-refractivity contribution in [2.24, 2.45) is 0 Å². The smallest absolute Gasteiger partial charge is 0.234 e. The van der Waals surface area contributed by atoms with E-state index in [2.05, 4.69) is 10.6 Å². The first-order chi connectivity index (χ1) is 8.65. The molecule has 6 heteroatoms. The third-order valence-electron chi connectivity index (χ3n) is 2.30. The summed E-state index contributed by atoms with van der Waals surface area (Å²) in [5.41, 5.74) is 0.353. The van der Waals surface area contributed by atoms with Crippen LogP contribution in [0.2, 0.25) is 5.02 Å². The average Bonchev–Trinajstić information content (AvgIpc) is 2.36. The van der Waals surface area contributed by atoms with Crippen molar-refractivity contribution in [1.29, 1.82) is 0 Å². The molecule has 1 aromatic rings. The van der Waals surface area contributed by atoms with Crippen LogP contribution in [0.3, 0.4) is 0 Å². The van der Waals surface area contributed by atoms with Crippen LogP contribution in [0.4, 0.5) is 4.39 Å². The van der Waals surface area contributed by atoms with E-state index in [4.69, 9.17) is 16.7 Å². The molecule has 0 aliphatic heterocycles. The molecule has 0 aromatic heterocycles. The number of aliphatic hydroxyl groups is 1. The van der Waals surface area contributed by atoms with E-state index >= 15 is 0 Å². The molecule has 0 saturated carbocycles. The number of amides is 1. The van der Waals surface area contributed by atoms with E-state index in [9.17, 15) is 9.18 Å². The van der Waals surface area contributed by atoms with Crippen molar-refractivity contribution >= 4 is 17.5 Å². The zero-order chi connectivity index (χ0) is 13.4. The Morgan fingerprint density at radius 2 is 2.22 bits per heavy atom. The normalized spacial score (nSPS) is 10.4. The first kappa shape index (κ1) is 14.9. The second kappa shape index (κ2) is 8.02. The van der Waals surface area contributed by atoms with Gasteiger partial charge in [0.2, 0.25) is 5.91 Å². The molecule has 0 heterocycles. The lowest BCUT2D eigenvalue weighted by atomic mass is 10.2. The molecule has 3 N–H and O–H groups in total. The van der Waals surface area contributed by atoms with Crippen LogP contribution >= 0.6 is 11.6 Å². The maximum absolute atomic E-state index is 13.5. The SMILES string of the molecule is O=C(CNCCCO)NCc1cccc(Cl)c1F. The molecular weight excluding hydrogens is 259 g/mol. The third kappa shape index (κ3) is 5.00. The van der Waals surface area contributed by atoms with Gasteiger partial charge in [0, 0.05) is 18.7 Å². The Bertz CT molecular complexity index is 402. The van der Waals surface area contributed by atoms with Crippen molar-refractivity contribution in [2.75, 3.05) is 19.7 Å². The van der Waals surface area contributed by atoms with Crippen LogP contribution in [-0.2, 0) is 11.3 Å². The van der Waals surface area contributed by atoms with E-state index in [1.165, 1.54) is 6.07 Å². The quantitative estimate of drug-likeness (QED) is 0.652. The van der Waals surface area contributed by atoms with Crippen molar-refractivity contribution in [2.45, 2.75) is 13.0 Å². The predicted octanol–water partition coefficient (Wildman–Crippen LogP) is 1.07. The summed E-state index contributed by atoms with van der Waals surface area (Å²) in [6, 6.07) is 4.66. The zero-order valence-corrected chi connectivity index (χ0v) is 10.6. The van der Waals surface area contributed by atoms with Crippen LogP contribution < -0.4 is 10.6 Å². The number of aliphatic hydroxyl groups excluding tert-OH is 1. The first-order valence-corrected chi connectivity index (χ1v) is 6.04. The molecule has 18 heavy (non-hydrogen) atoms. The summed E-state index contributed by atoms with van der Waals surface area (Å²) in [7, 11) is 0. The fourth-order valence-electron chi connectivity index (χ4n) is 1.35. The van der Waals surface area contributed by atoms with Gasteiger partial charge in [0.05, 0.1) is 11.6 Å². The van der Waals surface area contributed by atoms with Gasteiger partial charge < -0.3 is 15.7 Å². The van der Waals surface area contributed by atoms with Gasteiger partial charge in [-0.25, -0.2) is 4.39 Å². The van der Waals surface area contributed by atoms with Gasteiger partial charge in [0.15, 0.2) is 0 Å². The Balaban J connectivity index is 2.32. The van der Waals surface area contributed by atoms with E-state index in [1.807, 2.05) is 0 Å². The van der Waals surface area contributed by atoms with E-state index in [0.29, 0.717) is 18.5 Å². The topological polar surface area (TPSA) is 61.4 Å². The van der Waals surface area contributed by atoms with Gasteiger partial charge in [-0.15, -0.1) is 0 Å². The number of hydrogen-bond donors (Lipinski definition) is 3. The molecule has 4 nitrogen and oxygen atoms in total. The summed E-state index contributed by atoms with van der Waals surface area (Å²) in [5.74, 6) is -0.736. The fourth-order valence-corrected chi connectivity index (χ4v) is 1.54. The molecule has 100 valence electrons. The Morgan fingerprint density at radius 3 is 2.94 bits per heavy atom. The highest BCUT2D eigenvalue weighted by Crippen LogP contribution is 2.17. The van der Waals surface area contributed by atoms with Gasteiger partial charge >= 0.3 is 0 Å². The molecule has 0 fully saturated rings. The van der Waals surface area contributed by atoms with E-state index in [0.717, 1.165) is 0 Å². The summed E-state index contributed by atoms with van der Waals surface area (Å²) in [6.07, 6.45) is 0.593. The zero-order valence-electron chi connectivity index (χ0n) is 9.88. The molecular formula is C12H16ClFN2O2. The first-order valence-electron chi connectivity index (χ1n) is 5.66. The van der Waals surface area contributed by atoms with Gasteiger partial charge in [-0.1, -0.05) is 23.7 Å². The number of hydrogen-bond acceptors (Lipinski definition) is 3. The molecule has 1 rings (SSSR count). The molecule has 0 saturated heterocycles. The minimum Gasteiger partial charge on any atom is -0.396 e. The number of carbonyl (C=O) groups is 1. The van der Waals surface area contributed by atoms with Gasteiger partial charge in [-0.2, -0.15) is 0 Å². The summed E-state index contributed by atoms with van der Waals surface area (Å²) in [4.78, 5) is 11.4. The van der Waals surface area contributed by atoms with E-state index < -0.39 is 5.82 Å². The monoisotopic (exact) mass is 274 g/mol. The maximum atomic E-state index is 13.5. The lowest BCUT2D eigenvalue weighted by Gasteiger charge is -2.07. The molecule has 0 atom stereocenters. The molecule has 1 amide bonds. The Labute approximate surface area is 110 Å². The van der Waals surface area contributed by atoms with E-state index in [1.54, 1.807) is 12.1 Å². The van der Waals surface area contributed by atoms with Gasteiger partial charge in [0.1, 0.15) is 5.82 Å². The largest absolute Gasteiger partial charge is 0.396 e. The predicted molar refractivity (Wildman–Crippen MR) is 67.8 cm³/mol. The number of halogens is 2. The van der Waals surface area contributed by atoms with Gasteiger partial charge in [0.25, 0.3) is 0 Å². The molecule has 0 unspecified atom stereocenters. The molecule has 0 spiro atoms. The summed E-state index contributed by atoms with van der Waals surface area (Å²) in [5, 5.41) is 14.0. The van der Waals surface area contributed by atoms with Crippen molar-refractivity contribution in [3.8, 4) is 0 Å². The van der Waals surface area contributed by atoms with Crippen molar-refractivity contribution in [3.63, 3.8) is 0 Å². The van der Waals surface area contributed by atoms with Gasteiger partial charge in [-0.3, -0.25) is 4.79 Å². The highest BCUT2D eigenvalue weighted by molar-refractivity contribution is 6.30. The molecule has 0 aliphatic rings. The fraction of sp³-hybridized carbons (Fsp3) is 0.417. The number of rotatable bonds is 7. The second-order valence-electron chi connectivity index (χ2n) is 3.74. The highest BCUT2D eigenvalue weighted by atomic mass is 35.5. The molecule has 0 radical (unpaired) electrons. The standard InChI is InChI=1S/C12H16ClFN2O2/c13-10-4-1-3-9(12(10)14)7-16-11(18)8-15-5-2-6-17/h1,3-4,15,17H,2,5-8H2,(H,16,18). The Hall–Kier alpha value is -1.17. The lowest BCUT2D eigenvalue weighted by molar-refractivity contribution is -0.120.